The number of rotatable bonds is 9. The molecule has 0 amide bonds. The first-order chi connectivity index (χ1) is 10.1. The lowest BCUT2D eigenvalue weighted by Gasteiger charge is -2.21. The summed E-state index contributed by atoms with van der Waals surface area (Å²) in [6.07, 6.45) is 0. The Balaban J connectivity index is 3.01. The molecule has 0 saturated heterocycles. The minimum absolute atomic E-state index is 0.245. The van der Waals surface area contributed by atoms with Crippen molar-refractivity contribution in [2.24, 2.45) is 0 Å². The van der Waals surface area contributed by atoms with Gasteiger partial charge in [-0.05, 0) is 37.7 Å². The predicted octanol–water partition coefficient (Wildman–Crippen LogP) is 4.21. The minimum Gasteiger partial charge on any atom is -0.465 e. The number of hydrogen-bond donors (Lipinski definition) is 0. The summed E-state index contributed by atoms with van der Waals surface area (Å²) in [4.78, 5) is 12.2. The van der Waals surface area contributed by atoms with E-state index in [0.29, 0.717) is 5.56 Å². The van der Waals surface area contributed by atoms with Crippen LogP contribution in [-0.2, 0) is 23.1 Å². The lowest BCUT2D eigenvalue weighted by atomic mass is 10.1. The van der Waals surface area contributed by atoms with Gasteiger partial charge in [0.15, 0.2) is 0 Å². The van der Waals surface area contributed by atoms with E-state index < -0.39 is 18.0 Å². The second-order valence-corrected chi connectivity index (χ2v) is 8.00. The van der Waals surface area contributed by atoms with E-state index in [-0.39, 0.29) is 19.8 Å². The maximum atomic E-state index is 12.6. The lowest BCUT2D eigenvalue weighted by Crippen LogP contribution is -2.13. The topological polar surface area (TPSA) is 61.8 Å². The molecule has 1 aromatic carbocycles. The van der Waals surface area contributed by atoms with Crippen LogP contribution in [0, 0.1) is 0 Å². The molecule has 118 valence electrons. The Bertz CT molecular complexity index is 470. The summed E-state index contributed by atoms with van der Waals surface area (Å²) < 4.78 is 28.2. The fourth-order valence-electron chi connectivity index (χ4n) is 1.63. The smallest absolute Gasteiger partial charge is 0.390 e. The van der Waals surface area contributed by atoms with E-state index in [9.17, 15) is 9.36 Å². The Kier molecular flexibility index (Phi) is 8.04. The first-order valence-corrected chi connectivity index (χ1v) is 9.88. The van der Waals surface area contributed by atoms with Crippen molar-refractivity contribution in [3.05, 3.63) is 35.9 Å². The molecule has 5 nitrogen and oxygen atoms in total. The average Bonchev–Trinajstić information content (AvgIpc) is 2.46. The first-order valence-electron chi connectivity index (χ1n) is 6.85. The minimum atomic E-state index is -3.40. The summed E-state index contributed by atoms with van der Waals surface area (Å²) in [5.41, 5.74) is 0.709. The molecule has 0 aliphatic heterocycles. The van der Waals surface area contributed by atoms with Crippen molar-refractivity contribution in [2.75, 3.05) is 19.8 Å². The van der Waals surface area contributed by atoms with Crippen LogP contribution in [0.2, 0.25) is 0 Å². The molecule has 0 fully saturated rings. The highest BCUT2D eigenvalue weighted by Gasteiger charge is 2.35. The van der Waals surface area contributed by atoms with Crippen LogP contribution in [-0.4, -0.2) is 25.8 Å². The SMILES string of the molecule is CCOC(=O)C(SP(=O)(OCC)OCC)c1ccccc1. The molecule has 21 heavy (non-hydrogen) atoms. The van der Waals surface area contributed by atoms with Crippen LogP contribution in [0.1, 0.15) is 31.6 Å². The normalized spacial score (nSPS) is 12.9. The molecular weight excluding hydrogens is 311 g/mol. The molecule has 0 heterocycles. The van der Waals surface area contributed by atoms with Crippen molar-refractivity contribution in [2.45, 2.75) is 26.0 Å². The van der Waals surface area contributed by atoms with Crippen LogP contribution in [0.4, 0.5) is 0 Å². The van der Waals surface area contributed by atoms with E-state index >= 15 is 0 Å². The molecule has 0 aromatic heterocycles. The molecule has 1 aromatic rings. The molecule has 0 aliphatic rings. The zero-order valence-electron chi connectivity index (χ0n) is 12.5. The van der Waals surface area contributed by atoms with Gasteiger partial charge in [0, 0.05) is 0 Å². The van der Waals surface area contributed by atoms with Gasteiger partial charge in [-0.1, -0.05) is 30.3 Å². The van der Waals surface area contributed by atoms with Gasteiger partial charge in [-0.3, -0.25) is 4.79 Å². The van der Waals surface area contributed by atoms with Crippen molar-refractivity contribution < 1.29 is 23.1 Å². The molecular formula is C14H21O5PS. The Labute approximate surface area is 129 Å². The highest BCUT2D eigenvalue weighted by atomic mass is 32.7. The highest BCUT2D eigenvalue weighted by molar-refractivity contribution is 8.55. The van der Waals surface area contributed by atoms with E-state index in [1.54, 1.807) is 32.9 Å². The number of carbonyl (C=O) groups excluding carboxylic acids is 1. The molecule has 0 spiro atoms. The zero-order valence-corrected chi connectivity index (χ0v) is 14.2. The second-order valence-electron chi connectivity index (χ2n) is 3.93. The molecule has 1 unspecified atom stereocenters. The van der Waals surface area contributed by atoms with Crippen molar-refractivity contribution in [1.29, 1.82) is 0 Å². The zero-order chi connectivity index (χ0) is 15.7. The maximum absolute atomic E-state index is 12.6. The van der Waals surface area contributed by atoms with Gasteiger partial charge >= 0.3 is 12.8 Å². The molecule has 0 N–H and O–H groups in total. The molecule has 0 radical (unpaired) electrons. The Morgan fingerprint density at radius 2 is 1.67 bits per heavy atom. The second kappa shape index (κ2) is 9.26. The monoisotopic (exact) mass is 332 g/mol. The third-order valence-electron chi connectivity index (χ3n) is 2.41. The largest absolute Gasteiger partial charge is 0.465 e. The number of benzene rings is 1. The van der Waals surface area contributed by atoms with Gasteiger partial charge in [0.1, 0.15) is 5.25 Å². The third kappa shape index (κ3) is 5.83. The number of esters is 1. The van der Waals surface area contributed by atoms with Crippen LogP contribution < -0.4 is 0 Å². The number of ether oxygens (including phenoxy) is 1. The quantitative estimate of drug-likeness (QED) is 0.499. The number of hydrogen-bond acceptors (Lipinski definition) is 6. The van der Waals surface area contributed by atoms with Crippen LogP contribution in [0.25, 0.3) is 0 Å². The highest BCUT2D eigenvalue weighted by Crippen LogP contribution is 2.65. The average molecular weight is 332 g/mol. The summed E-state index contributed by atoms with van der Waals surface area (Å²) in [6, 6.07) is 9.05. The van der Waals surface area contributed by atoms with E-state index in [1.165, 1.54) is 0 Å². The Morgan fingerprint density at radius 1 is 1.10 bits per heavy atom. The summed E-state index contributed by atoms with van der Waals surface area (Å²) >= 11 is 0.879. The Morgan fingerprint density at radius 3 is 2.14 bits per heavy atom. The summed E-state index contributed by atoms with van der Waals surface area (Å²) in [5.74, 6) is -0.451. The first kappa shape index (κ1) is 18.2. The van der Waals surface area contributed by atoms with Gasteiger partial charge in [0.25, 0.3) is 0 Å². The van der Waals surface area contributed by atoms with Crippen LogP contribution in [0.5, 0.6) is 0 Å². The van der Waals surface area contributed by atoms with E-state index in [1.807, 2.05) is 18.2 Å². The van der Waals surface area contributed by atoms with Crippen LogP contribution >= 0.6 is 18.2 Å². The van der Waals surface area contributed by atoms with Gasteiger partial charge in [-0.15, -0.1) is 0 Å². The molecule has 0 saturated carbocycles. The van der Waals surface area contributed by atoms with Gasteiger partial charge in [0.2, 0.25) is 0 Å². The summed E-state index contributed by atoms with van der Waals surface area (Å²) in [5, 5.41) is -0.741. The number of carbonyl (C=O) groups is 1. The molecule has 1 rings (SSSR count). The van der Waals surface area contributed by atoms with E-state index in [2.05, 4.69) is 0 Å². The van der Waals surface area contributed by atoms with Gasteiger partial charge in [0.05, 0.1) is 19.8 Å². The summed E-state index contributed by atoms with van der Waals surface area (Å²) in [6.45, 7) is 2.54. The van der Waals surface area contributed by atoms with Crippen molar-refractivity contribution in [3.8, 4) is 0 Å². The van der Waals surface area contributed by atoms with Crippen LogP contribution in [0.3, 0.4) is 0 Å². The van der Waals surface area contributed by atoms with Crippen molar-refractivity contribution in [3.63, 3.8) is 0 Å². The molecule has 0 bridgehead atoms. The van der Waals surface area contributed by atoms with Gasteiger partial charge in [-0.25, -0.2) is 4.57 Å². The summed E-state index contributed by atoms with van der Waals surface area (Å²) in [7, 11) is 0. The van der Waals surface area contributed by atoms with Crippen LogP contribution in [0.15, 0.2) is 30.3 Å². The molecule has 7 heteroatoms. The Hall–Kier alpha value is -0.810. The van der Waals surface area contributed by atoms with E-state index in [0.717, 1.165) is 11.4 Å². The van der Waals surface area contributed by atoms with Gasteiger partial charge in [-0.2, -0.15) is 0 Å². The predicted molar refractivity (Wildman–Crippen MR) is 84.3 cm³/mol. The third-order valence-corrected chi connectivity index (χ3v) is 6.53. The lowest BCUT2D eigenvalue weighted by molar-refractivity contribution is -0.142. The van der Waals surface area contributed by atoms with Crippen molar-refractivity contribution in [1.82, 2.24) is 0 Å². The van der Waals surface area contributed by atoms with Crippen molar-refractivity contribution >= 4 is 24.1 Å². The van der Waals surface area contributed by atoms with Gasteiger partial charge < -0.3 is 13.8 Å². The molecule has 0 aliphatic carbocycles. The fraction of sp³-hybridized carbons (Fsp3) is 0.500. The van der Waals surface area contributed by atoms with E-state index in [4.69, 9.17) is 13.8 Å². The fourth-order valence-corrected chi connectivity index (χ4v) is 5.54. The standard InChI is InChI=1S/C14H21O5PS/c1-4-17-14(15)13(12-10-8-7-9-11-12)21-20(16,18-5-2)19-6-3/h7-11,13H,4-6H2,1-3H3. The maximum Gasteiger partial charge on any atom is 0.390 e. The molecule has 1 atom stereocenters.